The van der Waals surface area contributed by atoms with E-state index < -0.39 is 0 Å². The lowest BCUT2D eigenvalue weighted by atomic mass is 10.1. The Labute approximate surface area is 97.5 Å². The molecule has 0 aromatic heterocycles. The zero-order chi connectivity index (χ0) is 11.4. The van der Waals surface area contributed by atoms with Gasteiger partial charge in [-0.25, -0.2) is 0 Å². The fourth-order valence-corrected chi connectivity index (χ4v) is 1.63. The van der Waals surface area contributed by atoms with Gasteiger partial charge in [-0.3, -0.25) is 4.79 Å². The van der Waals surface area contributed by atoms with Crippen LogP contribution in [0.5, 0.6) is 11.5 Å². The van der Waals surface area contributed by atoms with E-state index in [4.69, 9.17) is 9.47 Å². The summed E-state index contributed by atoms with van der Waals surface area (Å²) in [5, 5.41) is 0. The molecule has 0 N–H and O–H groups in total. The average molecular weight is 273 g/mol. The number of benzene rings is 1. The fraction of sp³-hybridized carbons (Fsp3) is 0.364. The van der Waals surface area contributed by atoms with Gasteiger partial charge in [-0.05, 0) is 13.0 Å². The monoisotopic (exact) mass is 272 g/mol. The average Bonchev–Trinajstić information content (AvgIpc) is 2.27. The summed E-state index contributed by atoms with van der Waals surface area (Å²) in [6, 6.07) is 5.38. The first-order valence-electron chi connectivity index (χ1n) is 4.46. The third-order valence-electron chi connectivity index (χ3n) is 2.07. The predicted molar refractivity (Wildman–Crippen MR) is 61.9 cm³/mol. The molecule has 1 atom stereocenters. The molecule has 0 spiro atoms. The van der Waals surface area contributed by atoms with Gasteiger partial charge >= 0.3 is 0 Å². The number of ether oxygens (including phenoxy) is 2. The minimum absolute atomic E-state index is 0.0402. The molecule has 0 amide bonds. The molecule has 0 aliphatic heterocycles. The smallest absolute Gasteiger partial charge is 0.147 e. The highest BCUT2D eigenvalue weighted by atomic mass is 79.9. The molecule has 0 saturated heterocycles. The quantitative estimate of drug-likeness (QED) is 0.791. The Kier molecular flexibility index (Phi) is 4.15. The van der Waals surface area contributed by atoms with Gasteiger partial charge in [0.25, 0.3) is 0 Å². The Morgan fingerprint density at radius 2 is 2.00 bits per heavy atom. The Balaban J connectivity index is 3.12. The first-order valence-corrected chi connectivity index (χ1v) is 5.38. The first kappa shape index (κ1) is 12.0. The van der Waals surface area contributed by atoms with E-state index in [1.54, 1.807) is 26.4 Å². The molecule has 0 aliphatic rings. The molecule has 1 aromatic carbocycles. The molecule has 3 nitrogen and oxygen atoms in total. The van der Waals surface area contributed by atoms with Crippen LogP contribution in [0.4, 0.5) is 0 Å². The highest BCUT2D eigenvalue weighted by molar-refractivity contribution is 9.09. The van der Waals surface area contributed by atoms with Crippen molar-refractivity contribution in [3.63, 3.8) is 0 Å². The number of methoxy groups -OCH3 is 2. The zero-order valence-electron chi connectivity index (χ0n) is 8.91. The molecule has 15 heavy (non-hydrogen) atoms. The van der Waals surface area contributed by atoms with Gasteiger partial charge < -0.3 is 9.47 Å². The van der Waals surface area contributed by atoms with E-state index in [2.05, 4.69) is 15.9 Å². The summed E-state index contributed by atoms with van der Waals surface area (Å²) in [6.45, 7) is 1.53. The van der Waals surface area contributed by atoms with E-state index in [9.17, 15) is 4.79 Å². The maximum atomic E-state index is 11.2. The highest BCUT2D eigenvalue weighted by Crippen LogP contribution is 2.34. The van der Waals surface area contributed by atoms with Gasteiger partial charge in [-0.2, -0.15) is 0 Å². The van der Waals surface area contributed by atoms with Gasteiger partial charge in [0.05, 0.1) is 14.2 Å². The number of carbonyl (C=O) groups excluding carboxylic acids is 1. The Bertz CT molecular complexity index is 363. The second kappa shape index (κ2) is 5.16. The molecule has 0 radical (unpaired) electrons. The second-order valence-electron chi connectivity index (χ2n) is 3.08. The van der Waals surface area contributed by atoms with E-state index in [0.717, 1.165) is 5.56 Å². The number of rotatable bonds is 4. The van der Waals surface area contributed by atoms with Gasteiger partial charge in [0.15, 0.2) is 0 Å². The van der Waals surface area contributed by atoms with Gasteiger partial charge in [0.2, 0.25) is 0 Å². The maximum absolute atomic E-state index is 11.2. The molecule has 4 heteroatoms. The normalized spacial score (nSPS) is 12.0. The number of hydrogen-bond donors (Lipinski definition) is 0. The number of hydrogen-bond acceptors (Lipinski definition) is 3. The van der Waals surface area contributed by atoms with Crippen LogP contribution in [-0.4, -0.2) is 20.0 Å². The van der Waals surface area contributed by atoms with Crippen molar-refractivity contribution in [2.45, 2.75) is 11.8 Å². The Hall–Kier alpha value is -1.03. The number of ketones is 1. The van der Waals surface area contributed by atoms with E-state index in [-0.39, 0.29) is 10.6 Å². The zero-order valence-corrected chi connectivity index (χ0v) is 10.5. The van der Waals surface area contributed by atoms with E-state index in [0.29, 0.717) is 11.5 Å². The topological polar surface area (TPSA) is 35.5 Å². The molecular weight excluding hydrogens is 260 g/mol. The van der Waals surface area contributed by atoms with Crippen molar-refractivity contribution in [3.05, 3.63) is 23.8 Å². The van der Waals surface area contributed by atoms with Gasteiger partial charge in [-0.15, -0.1) is 0 Å². The maximum Gasteiger partial charge on any atom is 0.147 e. The second-order valence-corrected chi connectivity index (χ2v) is 4.00. The van der Waals surface area contributed by atoms with Crippen LogP contribution in [0, 0.1) is 0 Å². The minimum Gasteiger partial charge on any atom is -0.497 e. The van der Waals surface area contributed by atoms with E-state index >= 15 is 0 Å². The SMILES string of the molecule is COc1ccc(C(Br)C(C)=O)c(OC)c1. The third-order valence-corrected chi connectivity index (χ3v) is 3.21. The van der Waals surface area contributed by atoms with Crippen molar-refractivity contribution in [2.75, 3.05) is 14.2 Å². The van der Waals surface area contributed by atoms with Crippen molar-refractivity contribution < 1.29 is 14.3 Å². The van der Waals surface area contributed by atoms with Crippen molar-refractivity contribution in [2.24, 2.45) is 0 Å². The Morgan fingerprint density at radius 3 is 2.47 bits per heavy atom. The molecule has 1 aromatic rings. The Morgan fingerprint density at radius 1 is 1.33 bits per heavy atom. The molecule has 1 unspecified atom stereocenters. The molecule has 1 rings (SSSR count). The lowest BCUT2D eigenvalue weighted by Gasteiger charge is -2.12. The van der Waals surface area contributed by atoms with Crippen LogP contribution in [0.15, 0.2) is 18.2 Å². The van der Waals surface area contributed by atoms with Crippen molar-refractivity contribution in [1.29, 1.82) is 0 Å². The molecular formula is C11H13BrO3. The summed E-state index contributed by atoms with van der Waals surface area (Å²) >= 11 is 3.32. The largest absolute Gasteiger partial charge is 0.497 e. The molecule has 0 aliphatic carbocycles. The van der Waals surface area contributed by atoms with Gasteiger partial charge in [-0.1, -0.05) is 22.0 Å². The number of carbonyl (C=O) groups is 1. The first-order chi connectivity index (χ1) is 7.10. The van der Waals surface area contributed by atoms with Crippen LogP contribution >= 0.6 is 15.9 Å². The standard InChI is InChI=1S/C11H13BrO3/c1-7(13)11(12)9-5-4-8(14-2)6-10(9)15-3/h4-6,11H,1-3H3. The highest BCUT2D eigenvalue weighted by Gasteiger charge is 2.17. The van der Waals surface area contributed by atoms with Crippen LogP contribution in [0.1, 0.15) is 17.3 Å². The van der Waals surface area contributed by atoms with Crippen LogP contribution in [-0.2, 0) is 4.79 Å². The lowest BCUT2D eigenvalue weighted by molar-refractivity contribution is -0.116. The van der Waals surface area contributed by atoms with Crippen LogP contribution in [0.3, 0.4) is 0 Å². The molecule has 82 valence electrons. The summed E-state index contributed by atoms with van der Waals surface area (Å²) in [6.07, 6.45) is 0. The fourth-order valence-electron chi connectivity index (χ4n) is 1.25. The van der Waals surface area contributed by atoms with Gasteiger partial charge in [0, 0.05) is 11.6 Å². The van der Waals surface area contributed by atoms with E-state index in [1.165, 1.54) is 6.92 Å². The van der Waals surface area contributed by atoms with Crippen LogP contribution in [0.2, 0.25) is 0 Å². The van der Waals surface area contributed by atoms with E-state index in [1.807, 2.05) is 6.07 Å². The molecule has 0 fully saturated rings. The number of alkyl halides is 1. The summed E-state index contributed by atoms with van der Waals surface area (Å²) in [4.78, 5) is 10.9. The molecule has 0 heterocycles. The summed E-state index contributed by atoms with van der Waals surface area (Å²) < 4.78 is 10.3. The van der Waals surface area contributed by atoms with Crippen LogP contribution < -0.4 is 9.47 Å². The van der Waals surface area contributed by atoms with Crippen molar-refractivity contribution in [3.8, 4) is 11.5 Å². The number of Topliss-reactive ketones (excluding diaryl/α,β-unsaturated/α-hetero) is 1. The predicted octanol–water partition coefficient (Wildman–Crippen LogP) is 2.73. The summed E-state index contributed by atoms with van der Waals surface area (Å²) in [5.41, 5.74) is 0.811. The molecule has 0 saturated carbocycles. The van der Waals surface area contributed by atoms with Crippen molar-refractivity contribution >= 4 is 21.7 Å². The summed E-state index contributed by atoms with van der Waals surface area (Å²) in [5.74, 6) is 1.39. The third kappa shape index (κ3) is 2.72. The molecule has 0 bridgehead atoms. The summed E-state index contributed by atoms with van der Waals surface area (Å²) in [7, 11) is 3.16. The van der Waals surface area contributed by atoms with Gasteiger partial charge in [0.1, 0.15) is 22.1 Å². The number of halogens is 1. The minimum atomic E-state index is -0.335. The van der Waals surface area contributed by atoms with Crippen molar-refractivity contribution in [1.82, 2.24) is 0 Å². The lowest BCUT2D eigenvalue weighted by Crippen LogP contribution is -2.03. The van der Waals surface area contributed by atoms with Crippen LogP contribution in [0.25, 0.3) is 0 Å².